The van der Waals surface area contributed by atoms with Crippen LogP contribution in [-0.2, 0) is 17.8 Å². The van der Waals surface area contributed by atoms with Crippen LogP contribution in [0.5, 0.6) is 0 Å². The van der Waals surface area contributed by atoms with Crippen molar-refractivity contribution in [2.75, 3.05) is 20.1 Å². The number of unbranched alkanes of at least 4 members (excludes halogenated alkanes) is 3. The summed E-state index contributed by atoms with van der Waals surface area (Å²) < 4.78 is 1.92. The van der Waals surface area contributed by atoms with Crippen molar-refractivity contribution in [1.29, 1.82) is 0 Å². The van der Waals surface area contributed by atoms with Crippen LogP contribution < -0.4 is 10.6 Å². The number of carbonyl (C=O) groups is 1. The Morgan fingerprint density at radius 1 is 1.24 bits per heavy atom. The van der Waals surface area contributed by atoms with Crippen molar-refractivity contribution in [2.24, 2.45) is 0 Å². The second-order valence-corrected chi connectivity index (χ2v) is 5.30. The van der Waals surface area contributed by atoms with Crippen LogP contribution in [0.3, 0.4) is 0 Å². The van der Waals surface area contributed by atoms with Crippen LogP contribution in [0.1, 0.15) is 51.1 Å². The van der Waals surface area contributed by atoms with Gasteiger partial charge in [0.15, 0.2) is 0 Å². The highest BCUT2D eigenvalue weighted by molar-refractivity contribution is 5.75. The van der Waals surface area contributed by atoms with E-state index in [2.05, 4.69) is 20.9 Å². The van der Waals surface area contributed by atoms with Gasteiger partial charge in [0.25, 0.3) is 0 Å². The molecule has 0 aliphatic heterocycles. The smallest absolute Gasteiger partial charge is 0.219 e. The van der Waals surface area contributed by atoms with E-state index in [-0.39, 0.29) is 5.91 Å². The van der Waals surface area contributed by atoms with E-state index in [1.165, 1.54) is 6.42 Å². The van der Waals surface area contributed by atoms with Crippen molar-refractivity contribution < 1.29 is 4.79 Å². The summed E-state index contributed by atoms with van der Waals surface area (Å²) in [6.45, 7) is 4.60. The van der Waals surface area contributed by atoms with E-state index < -0.39 is 0 Å². The Labute approximate surface area is 127 Å². The highest BCUT2D eigenvalue weighted by atomic mass is 16.1. The number of hydrogen-bond donors (Lipinski definition) is 2. The van der Waals surface area contributed by atoms with Gasteiger partial charge < -0.3 is 10.6 Å². The van der Waals surface area contributed by atoms with Gasteiger partial charge in [-0.2, -0.15) is 0 Å². The second-order valence-electron chi connectivity index (χ2n) is 5.30. The Morgan fingerprint density at radius 2 is 2.10 bits per heavy atom. The molecule has 1 heterocycles. The molecule has 0 fully saturated rings. The predicted molar refractivity (Wildman–Crippen MR) is 84.0 cm³/mol. The molecule has 0 saturated carbocycles. The lowest BCUT2D eigenvalue weighted by molar-refractivity contribution is -0.121. The van der Waals surface area contributed by atoms with Crippen LogP contribution in [0.25, 0.3) is 0 Å². The largest absolute Gasteiger partial charge is 0.356 e. The molecular formula is C15H29N5O. The van der Waals surface area contributed by atoms with E-state index in [1.54, 1.807) is 0 Å². The maximum Gasteiger partial charge on any atom is 0.219 e. The van der Waals surface area contributed by atoms with Crippen molar-refractivity contribution in [1.82, 2.24) is 25.6 Å². The summed E-state index contributed by atoms with van der Waals surface area (Å²) in [4.78, 5) is 11.3. The highest BCUT2D eigenvalue weighted by Crippen LogP contribution is 2.04. The molecule has 1 rings (SSSR count). The van der Waals surface area contributed by atoms with Crippen LogP contribution in [0.2, 0.25) is 0 Å². The third-order valence-corrected chi connectivity index (χ3v) is 3.36. The van der Waals surface area contributed by atoms with Gasteiger partial charge in [-0.1, -0.05) is 11.6 Å². The number of rotatable bonds is 12. The fraction of sp³-hybridized carbons (Fsp3) is 0.800. The lowest BCUT2D eigenvalue weighted by Gasteiger charge is -2.02. The van der Waals surface area contributed by atoms with Gasteiger partial charge in [-0.25, -0.2) is 0 Å². The molecule has 1 aromatic rings. The van der Waals surface area contributed by atoms with Crippen molar-refractivity contribution in [3.8, 4) is 0 Å². The number of hydrogen-bond acceptors (Lipinski definition) is 4. The van der Waals surface area contributed by atoms with Crippen LogP contribution >= 0.6 is 0 Å². The van der Waals surface area contributed by atoms with Gasteiger partial charge in [-0.15, -0.1) is 5.10 Å². The fourth-order valence-electron chi connectivity index (χ4n) is 2.19. The van der Waals surface area contributed by atoms with E-state index in [9.17, 15) is 4.79 Å². The van der Waals surface area contributed by atoms with Gasteiger partial charge >= 0.3 is 0 Å². The van der Waals surface area contributed by atoms with Gasteiger partial charge in [0.05, 0.1) is 5.69 Å². The number of amides is 1. The van der Waals surface area contributed by atoms with Gasteiger partial charge in [-0.05, 0) is 52.6 Å². The molecule has 1 amide bonds. The summed E-state index contributed by atoms with van der Waals surface area (Å²) in [7, 11) is 1.97. The molecule has 21 heavy (non-hydrogen) atoms. The Hall–Kier alpha value is -1.43. The quantitative estimate of drug-likeness (QED) is 0.574. The summed E-state index contributed by atoms with van der Waals surface area (Å²) in [5, 5.41) is 14.3. The summed E-state index contributed by atoms with van der Waals surface area (Å²) in [6.07, 6.45) is 9.02. The van der Waals surface area contributed by atoms with Gasteiger partial charge in [0.2, 0.25) is 5.91 Å². The van der Waals surface area contributed by atoms with Crippen LogP contribution in [0.4, 0.5) is 0 Å². The average molecular weight is 295 g/mol. The first-order valence-corrected chi connectivity index (χ1v) is 8.06. The molecule has 0 atom stereocenters. The molecule has 6 heteroatoms. The lowest BCUT2D eigenvalue weighted by Crippen LogP contribution is -2.22. The minimum Gasteiger partial charge on any atom is -0.356 e. The molecule has 0 aromatic carbocycles. The molecule has 0 bridgehead atoms. The number of nitrogens with zero attached hydrogens (tertiary/aromatic N) is 3. The van der Waals surface area contributed by atoms with Crippen molar-refractivity contribution in [3.05, 3.63) is 11.9 Å². The minimum absolute atomic E-state index is 0.155. The lowest BCUT2D eigenvalue weighted by atomic mass is 10.2. The van der Waals surface area contributed by atoms with Gasteiger partial charge in [0, 0.05) is 25.7 Å². The van der Waals surface area contributed by atoms with Crippen molar-refractivity contribution in [2.45, 2.75) is 58.4 Å². The standard InChI is InChI=1S/C15H29N5O/c1-3-17-15(21)10-5-4-8-12-20-13-14(18-19-20)9-6-7-11-16-2/h13,16H,3-12H2,1-2H3,(H,17,21). The molecule has 0 unspecified atom stereocenters. The zero-order chi connectivity index (χ0) is 15.3. The average Bonchev–Trinajstić information content (AvgIpc) is 2.91. The number of carbonyl (C=O) groups excluding carboxylic acids is 1. The first kappa shape index (κ1) is 17.6. The molecule has 2 N–H and O–H groups in total. The predicted octanol–water partition coefficient (Wildman–Crippen LogP) is 1.52. The molecule has 0 aliphatic rings. The van der Waals surface area contributed by atoms with Crippen molar-refractivity contribution in [3.63, 3.8) is 0 Å². The third kappa shape index (κ3) is 8.45. The molecule has 1 aromatic heterocycles. The summed E-state index contributed by atoms with van der Waals surface area (Å²) in [5.41, 5.74) is 1.08. The number of aryl methyl sites for hydroxylation is 2. The molecule has 0 aliphatic carbocycles. The molecule has 0 radical (unpaired) electrons. The molecular weight excluding hydrogens is 266 g/mol. The van der Waals surface area contributed by atoms with Crippen molar-refractivity contribution >= 4 is 5.91 Å². The first-order valence-electron chi connectivity index (χ1n) is 8.06. The Bertz CT molecular complexity index is 391. The van der Waals surface area contributed by atoms with E-state index in [0.29, 0.717) is 6.42 Å². The number of aromatic nitrogens is 3. The maximum atomic E-state index is 11.3. The van der Waals surface area contributed by atoms with Gasteiger partial charge in [-0.3, -0.25) is 9.48 Å². The SMILES string of the molecule is CCNC(=O)CCCCCn1cc(CCCCNC)nn1. The van der Waals surface area contributed by atoms with Crippen LogP contribution in [0.15, 0.2) is 6.20 Å². The van der Waals surface area contributed by atoms with E-state index in [0.717, 1.165) is 57.4 Å². The normalized spacial score (nSPS) is 10.8. The van der Waals surface area contributed by atoms with Gasteiger partial charge in [0.1, 0.15) is 0 Å². The highest BCUT2D eigenvalue weighted by Gasteiger charge is 2.02. The minimum atomic E-state index is 0.155. The topological polar surface area (TPSA) is 71.8 Å². The summed E-state index contributed by atoms with van der Waals surface area (Å²) >= 11 is 0. The second kappa shape index (κ2) is 11.3. The fourth-order valence-corrected chi connectivity index (χ4v) is 2.19. The Balaban J connectivity index is 2.07. The Kier molecular flexibility index (Phi) is 9.44. The monoisotopic (exact) mass is 295 g/mol. The van der Waals surface area contributed by atoms with E-state index in [1.807, 2.05) is 24.9 Å². The third-order valence-electron chi connectivity index (χ3n) is 3.36. The summed E-state index contributed by atoms with van der Waals surface area (Å²) in [5.74, 6) is 0.155. The zero-order valence-electron chi connectivity index (χ0n) is 13.4. The molecule has 120 valence electrons. The maximum absolute atomic E-state index is 11.3. The van der Waals surface area contributed by atoms with E-state index in [4.69, 9.17) is 0 Å². The first-order chi connectivity index (χ1) is 10.3. The molecule has 0 saturated heterocycles. The zero-order valence-corrected chi connectivity index (χ0v) is 13.4. The van der Waals surface area contributed by atoms with Crippen LogP contribution in [0, 0.1) is 0 Å². The molecule has 6 nitrogen and oxygen atoms in total. The van der Waals surface area contributed by atoms with E-state index >= 15 is 0 Å². The molecule has 0 spiro atoms. The Morgan fingerprint density at radius 3 is 2.86 bits per heavy atom. The number of nitrogens with one attached hydrogen (secondary N) is 2. The summed E-state index contributed by atoms with van der Waals surface area (Å²) in [6, 6.07) is 0. The van der Waals surface area contributed by atoms with Crippen LogP contribution in [-0.4, -0.2) is 41.0 Å².